The number of nitrogens with zero attached hydrogens (tertiary/aromatic N) is 1. The molecule has 246 valence electrons. The van der Waals surface area contributed by atoms with Crippen LogP contribution in [-0.4, -0.2) is 52.8 Å². The second-order valence-electron chi connectivity index (χ2n) is 13.4. The number of aryl methyl sites for hydroxylation is 2. The van der Waals surface area contributed by atoms with E-state index in [4.69, 9.17) is 4.74 Å². The van der Waals surface area contributed by atoms with Gasteiger partial charge in [0.2, 0.25) is 0 Å². The van der Waals surface area contributed by atoms with Crippen molar-refractivity contribution in [2.24, 2.45) is 23.7 Å². The summed E-state index contributed by atoms with van der Waals surface area (Å²) < 4.78 is 9.75. The Balaban J connectivity index is 0.00000135. The minimum Gasteiger partial charge on any atom is -0.490 e. The van der Waals surface area contributed by atoms with Crippen LogP contribution < -0.4 is 14.4 Å². The summed E-state index contributed by atoms with van der Waals surface area (Å²) in [6.07, 6.45) is 6.96. The molecule has 4 aliphatic rings. The molecule has 0 aromatic heterocycles. The Bertz CT molecular complexity index is 1280. The van der Waals surface area contributed by atoms with Crippen molar-refractivity contribution in [3.05, 3.63) is 58.7 Å². The number of hydrogen-bond acceptors (Lipinski definition) is 6. The molecule has 7 nitrogen and oxygen atoms in total. The van der Waals surface area contributed by atoms with Crippen molar-refractivity contribution in [3.8, 4) is 5.75 Å². The molecule has 2 bridgehead atoms. The van der Waals surface area contributed by atoms with Gasteiger partial charge < -0.3 is 25.3 Å². The van der Waals surface area contributed by atoms with E-state index in [1.54, 1.807) is 0 Å². The van der Waals surface area contributed by atoms with Crippen molar-refractivity contribution < 1.29 is 26.6 Å². The number of carbonyl (C=O) groups excluding carboxylic acids is 1. The van der Waals surface area contributed by atoms with Crippen LogP contribution in [-0.2, 0) is 11.8 Å². The number of rotatable bonds is 1. The van der Waals surface area contributed by atoms with E-state index in [-0.39, 0.29) is 29.4 Å². The molecule has 1 fully saturated rings. The molecule has 2 aromatic rings. The first-order valence-corrected chi connectivity index (χ1v) is 17.6. The van der Waals surface area contributed by atoms with Crippen LogP contribution in [0.15, 0.2) is 36.4 Å². The molecule has 2 heterocycles. The number of ether oxygens (including phenoxy) is 1. The molecule has 2 aromatic carbocycles. The van der Waals surface area contributed by atoms with Crippen LogP contribution in [0.5, 0.6) is 5.75 Å². The fourth-order valence-electron chi connectivity index (χ4n) is 7.90. The molecule has 2 aliphatic heterocycles. The van der Waals surface area contributed by atoms with Crippen molar-refractivity contribution in [2.75, 3.05) is 24.6 Å². The lowest BCUT2D eigenvalue weighted by Gasteiger charge is -2.47. The maximum absolute atomic E-state index is 13.3. The fourth-order valence-corrected chi connectivity index (χ4v) is 8.68. The molecule has 8 heteroatoms. The minimum atomic E-state index is -1.28. The first kappa shape index (κ1) is 34.6. The van der Waals surface area contributed by atoms with Gasteiger partial charge in [-0.1, -0.05) is 57.9 Å². The van der Waals surface area contributed by atoms with Crippen LogP contribution in [0.3, 0.4) is 0 Å². The summed E-state index contributed by atoms with van der Waals surface area (Å²) in [5.41, 5.74) is 5.65. The average Bonchev–Trinajstić information content (AvgIpc) is 3.14. The van der Waals surface area contributed by atoms with E-state index in [1.165, 1.54) is 28.6 Å². The van der Waals surface area contributed by atoms with Crippen molar-refractivity contribution in [2.45, 2.75) is 103 Å². The van der Waals surface area contributed by atoms with Gasteiger partial charge in [-0.25, -0.2) is 0 Å². The molecule has 1 spiro atoms. The highest BCUT2D eigenvalue weighted by Crippen LogP contribution is 2.48. The van der Waals surface area contributed by atoms with Gasteiger partial charge in [0.1, 0.15) is 5.75 Å². The smallest absolute Gasteiger partial charge is 0.261 e. The molecule has 1 unspecified atom stereocenters. The lowest BCUT2D eigenvalue weighted by Crippen LogP contribution is -2.50. The third kappa shape index (κ3) is 7.09. The lowest BCUT2D eigenvalue weighted by atomic mass is 9.64. The van der Waals surface area contributed by atoms with Crippen molar-refractivity contribution in [3.63, 3.8) is 0 Å². The summed E-state index contributed by atoms with van der Waals surface area (Å²) >= 11 is 1.49. The summed E-state index contributed by atoms with van der Waals surface area (Å²) in [4.78, 5) is 15.8. The molecule has 0 radical (unpaired) electrons. The Morgan fingerprint density at radius 3 is 2.59 bits per heavy atom. The summed E-state index contributed by atoms with van der Waals surface area (Å²) in [5.74, 6) is 1.76. The maximum atomic E-state index is 13.3. The number of anilines is 1. The number of aliphatic hydroxyl groups excluding tert-OH is 1. The van der Waals surface area contributed by atoms with Crippen LogP contribution in [0.25, 0.3) is 0 Å². The molecule has 1 saturated carbocycles. The Morgan fingerprint density at radius 1 is 1.07 bits per heavy atom. The predicted molar refractivity (Wildman–Crippen MR) is 182 cm³/mol. The van der Waals surface area contributed by atoms with Gasteiger partial charge >= 0.3 is 0 Å². The normalized spacial score (nSPS) is 30.2. The number of hydrogen-bond donors (Lipinski definition) is 3. The molecule has 44 heavy (non-hydrogen) atoms. The molecular formula is C36H56N2O5S. The number of aliphatic hydroxyl groups is 2. The third-order valence-corrected chi connectivity index (χ3v) is 11.8. The van der Waals surface area contributed by atoms with Gasteiger partial charge in [0.05, 0.1) is 12.3 Å². The third-order valence-electron chi connectivity index (χ3n) is 10.7. The summed E-state index contributed by atoms with van der Waals surface area (Å²) in [5, 5.41) is 21.2. The minimum absolute atomic E-state index is 0. The first-order valence-electron chi connectivity index (χ1n) is 16.7. The second-order valence-corrected chi connectivity index (χ2v) is 14.6. The van der Waals surface area contributed by atoms with Gasteiger partial charge in [-0.15, -0.1) is 0 Å². The van der Waals surface area contributed by atoms with E-state index in [0.717, 1.165) is 75.9 Å². The Hall–Kier alpha value is -2.26. The largest absolute Gasteiger partial charge is 0.490 e. The SMILES string of the molecule is CC.Cc1ccc2c(c1)CCC[C@]21COc2ccc3cc2N(C[C@@H]2CCC2[C@@H](C(O)O)CCC[C@H](C)[C@@H](C)SNC3=O)C1.O.[HH]. The predicted octanol–water partition coefficient (Wildman–Crippen LogP) is 6.46. The molecule has 6 atom stereocenters. The monoisotopic (exact) mass is 628 g/mol. The van der Waals surface area contributed by atoms with Crippen LogP contribution in [0.4, 0.5) is 5.69 Å². The van der Waals surface area contributed by atoms with Crippen LogP contribution >= 0.6 is 11.9 Å². The van der Waals surface area contributed by atoms with Crippen molar-refractivity contribution >= 4 is 23.5 Å². The zero-order chi connectivity index (χ0) is 30.7. The summed E-state index contributed by atoms with van der Waals surface area (Å²) in [6, 6.07) is 12.8. The fraction of sp³-hybridized carbons (Fsp3) is 0.639. The van der Waals surface area contributed by atoms with E-state index in [9.17, 15) is 15.0 Å². The summed E-state index contributed by atoms with van der Waals surface area (Å²) in [6.45, 7) is 12.8. The number of fused-ring (bicyclic) bond motifs is 4. The van der Waals surface area contributed by atoms with Gasteiger partial charge in [0.15, 0.2) is 6.29 Å². The van der Waals surface area contributed by atoms with E-state index in [0.29, 0.717) is 29.9 Å². The Kier molecular flexibility index (Phi) is 11.7. The standard InChI is InChI=1S/C34H46N2O4S.C2H6.H2O.H2/c1-21-9-13-29-24(16-21)7-5-15-34(29)19-36-18-26-10-12-27(26)28(33(38)39)8-4-6-22(2)23(3)41-35-32(37)25-11-14-31(40-20-34)30(36)17-25;1-2;;/h9,11,13-14,16-17,22-23,26-28,33,38-39H,4-8,10,12,15,18-20H2,1-3H3,(H,35,37);1-2H3;1H2;1H/t22-,23+,26-,27?,28-,34-;;;/m0.../s1. The van der Waals surface area contributed by atoms with Gasteiger partial charge in [-0.05, 0) is 111 Å². The molecule has 6 rings (SSSR count). The van der Waals surface area contributed by atoms with E-state index >= 15 is 0 Å². The zero-order valence-electron chi connectivity index (χ0n) is 27.3. The van der Waals surface area contributed by atoms with Gasteiger partial charge in [-0.3, -0.25) is 9.52 Å². The lowest BCUT2D eigenvalue weighted by molar-refractivity contribution is -0.124. The van der Waals surface area contributed by atoms with Crippen LogP contribution in [0.2, 0.25) is 0 Å². The van der Waals surface area contributed by atoms with Crippen molar-refractivity contribution in [1.29, 1.82) is 0 Å². The van der Waals surface area contributed by atoms with Gasteiger partial charge in [0, 0.05) is 36.7 Å². The van der Waals surface area contributed by atoms with Crippen molar-refractivity contribution in [1.82, 2.24) is 4.72 Å². The molecule has 0 saturated heterocycles. The molecule has 5 N–H and O–H groups in total. The average molecular weight is 629 g/mol. The number of nitrogens with one attached hydrogen (secondary N) is 1. The zero-order valence-corrected chi connectivity index (χ0v) is 28.1. The van der Waals surface area contributed by atoms with Gasteiger partial charge in [-0.2, -0.15) is 0 Å². The topological polar surface area (TPSA) is 114 Å². The molecular weight excluding hydrogens is 572 g/mol. The summed E-state index contributed by atoms with van der Waals surface area (Å²) in [7, 11) is 0. The highest BCUT2D eigenvalue weighted by molar-refractivity contribution is 7.98. The van der Waals surface area contributed by atoms with Crippen LogP contribution in [0, 0.1) is 30.6 Å². The van der Waals surface area contributed by atoms with Gasteiger partial charge in [0.25, 0.3) is 5.91 Å². The van der Waals surface area contributed by atoms with E-state index in [1.807, 2.05) is 32.0 Å². The molecule has 1 amide bonds. The quantitative estimate of drug-likeness (QED) is 0.247. The maximum Gasteiger partial charge on any atom is 0.261 e. The first-order chi connectivity index (χ1) is 20.7. The Labute approximate surface area is 270 Å². The number of carbonyl (C=O) groups is 1. The number of amides is 1. The number of benzene rings is 2. The second kappa shape index (κ2) is 14.9. The molecule has 2 aliphatic carbocycles. The van der Waals surface area contributed by atoms with E-state index < -0.39 is 6.29 Å². The van der Waals surface area contributed by atoms with E-state index in [2.05, 4.69) is 48.6 Å². The van der Waals surface area contributed by atoms with Crippen LogP contribution in [0.1, 0.15) is 101 Å². The highest BCUT2D eigenvalue weighted by Gasteiger charge is 2.45. The Morgan fingerprint density at radius 2 is 1.86 bits per heavy atom. The highest BCUT2D eigenvalue weighted by atomic mass is 32.2.